The summed E-state index contributed by atoms with van der Waals surface area (Å²) in [7, 11) is -3.60. The second-order valence-corrected chi connectivity index (χ2v) is 13.5. The Labute approximate surface area is 192 Å². The highest BCUT2D eigenvalue weighted by atomic mass is 31.2. The Kier molecular flexibility index (Phi) is 6.13. The molecule has 0 radical (unpaired) electrons. The predicted octanol–water partition coefficient (Wildman–Crippen LogP) is 5.95. The van der Waals surface area contributed by atoms with E-state index >= 15 is 4.57 Å². The van der Waals surface area contributed by atoms with Gasteiger partial charge in [-0.3, -0.25) is 0 Å². The molecule has 0 unspecified atom stereocenters. The number of aryl methyl sites for hydroxylation is 2. The molecule has 3 nitrogen and oxygen atoms in total. The summed E-state index contributed by atoms with van der Waals surface area (Å²) in [5.74, 6) is 0.0713. The van der Waals surface area contributed by atoms with Crippen molar-refractivity contribution in [1.82, 2.24) is 0 Å². The van der Waals surface area contributed by atoms with Crippen LogP contribution in [0.5, 0.6) is 11.5 Å². The fraction of sp³-hybridized carbons (Fsp3) is 0.357. The second kappa shape index (κ2) is 8.12. The molecule has 170 valence electrons. The molecule has 0 spiro atoms. The number of phenolic OH excluding ortho intramolecular Hbond substituents is 2. The van der Waals surface area contributed by atoms with E-state index in [4.69, 9.17) is 0 Å². The van der Waals surface area contributed by atoms with Crippen LogP contribution in [0.3, 0.4) is 0 Å². The smallest absolute Gasteiger partial charge is 0.178 e. The van der Waals surface area contributed by atoms with E-state index in [1.165, 1.54) is 0 Å². The monoisotopic (exact) mass is 450 g/mol. The highest BCUT2D eigenvalue weighted by molar-refractivity contribution is 7.85. The summed E-state index contributed by atoms with van der Waals surface area (Å²) in [5.41, 5.74) is 2.65. The van der Waals surface area contributed by atoms with Crippen LogP contribution in [0.25, 0.3) is 0 Å². The van der Waals surface area contributed by atoms with Crippen LogP contribution >= 0.6 is 7.14 Å². The van der Waals surface area contributed by atoms with Gasteiger partial charge in [-0.25, -0.2) is 0 Å². The van der Waals surface area contributed by atoms with E-state index < -0.39 is 7.14 Å². The topological polar surface area (TPSA) is 57.5 Å². The number of rotatable bonds is 3. The summed E-state index contributed by atoms with van der Waals surface area (Å²) in [6, 6.07) is 16.7. The first-order valence-corrected chi connectivity index (χ1v) is 12.7. The number of hydrogen-bond donors (Lipinski definition) is 2. The molecule has 3 aromatic carbocycles. The van der Waals surface area contributed by atoms with Crippen molar-refractivity contribution < 1.29 is 14.8 Å². The standard InChI is InChI=1S/C28H35O3P/c1-18-14-21(27(3,4)5)25(29)23(16-18)32(31,20-12-10-9-11-13-20)24-17-19(2)15-22(26(24)30)28(6,7)8/h9-17,29-30H,1-8H3. The minimum Gasteiger partial charge on any atom is -0.507 e. The van der Waals surface area contributed by atoms with E-state index in [0.717, 1.165) is 22.3 Å². The number of benzene rings is 3. The SMILES string of the molecule is Cc1cc(C(C)(C)C)c(O)c(P(=O)(c2ccccc2)c2cc(C)cc(C(C)(C)C)c2O)c1. The van der Waals surface area contributed by atoms with E-state index in [0.29, 0.717) is 15.9 Å². The average molecular weight is 451 g/mol. The quantitative estimate of drug-likeness (QED) is 0.485. The lowest BCUT2D eigenvalue weighted by Gasteiger charge is -2.29. The first-order valence-electron chi connectivity index (χ1n) is 11.0. The van der Waals surface area contributed by atoms with Crippen LogP contribution in [-0.2, 0) is 15.4 Å². The van der Waals surface area contributed by atoms with Crippen molar-refractivity contribution in [3.05, 3.63) is 76.9 Å². The van der Waals surface area contributed by atoms with E-state index in [1.54, 1.807) is 12.1 Å². The largest absolute Gasteiger partial charge is 0.507 e. The molecule has 0 aliphatic carbocycles. The average Bonchev–Trinajstić information content (AvgIpc) is 2.69. The summed E-state index contributed by atoms with van der Waals surface area (Å²) < 4.78 is 15.2. The van der Waals surface area contributed by atoms with E-state index in [1.807, 2.05) is 97.9 Å². The molecule has 0 fully saturated rings. The van der Waals surface area contributed by atoms with Crippen molar-refractivity contribution >= 4 is 23.1 Å². The molecular formula is C28H35O3P. The molecule has 0 aromatic heterocycles. The number of phenols is 2. The van der Waals surface area contributed by atoms with Gasteiger partial charge in [0.2, 0.25) is 0 Å². The second-order valence-electron chi connectivity index (χ2n) is 10.8. The van der Waals surface area contributed by atoms with Gasteiger partial charge in [0, 0.05) is 16.4 Å². The highest BCUT2D eigenvalue weighted by Crippen LogP contribution is 2.50. The molecule has 2 N–H and O–H groups in total. The van der Waals surface area contributed by atoms with Gasteiger partial charge in [0.05, 0.1) is 10.6 Å². The summed E-state index contributed by atoms with van der Waals surface area (Å²) >= 11 is 0. The zero-order valence-electron chi connectivity index (χ0n) is 20.4. The zero-order valence-corrected chi connectivity index (χ0v) is 21.3. The Hall–Kier alpha value is -2.51. The van der Waals surface area contributed by atoms with Crippen LogP contribution in [-0.4, -0.2) is 10.2 Å². The minimum absolute atomic E-state index is 0.0356. The lowest BCUT2D eigenvalue weighted by Crippen LogP contribution is -2.29. The fourth-order valence-corrected chi connectivity index (χ4v) is 7.20. The van der Waals surface area contributed by atoms with Crippen molar-refractivity contribution in [2.45, 2.75) is 66.2 Å². The molecule has 4 heteroatoms. The lowest BCUT2D eigenvalue weighted by atomic mass is 9.85. The first kappa shape index (κ1) is 24.1. The van der Waals surface area contributed by atoms with Gasteiger partial charge in [0.15, 0.2) is 7.14 Å². The highest BCUT2D eigenvalue weighted by Gasteiger charge is 2.38. The molecule has 0 saturated heterocycles. The number of hydrogen-bond acceptors (Lipinski definition) is 3. The maximum absolute atomic E-state index is 15.2. The molecule has 0 atom stereocenters. The van der Waals surface area contributed by atoms with Crippen molar-refractivity contribution in [1.29, 1.82) is 0 Å². The van der Waals surface area contributed by atoms with Gasteiger partial charge in [-0.05, 0) is 47.9 Å². The van der Waals surface area contributed by atoms with E-state index in [-0.39, 0.29) is 22.3 Å². The zero-order chi connectivity index (χ0) is 24.1. The van der Waals surface area contributed by atoms with Crippen LogP contribution < -0.4 is 15.9 Å². The van der Waals surface area contributed by atoms with Gasteiger partial charge in [-0.15, -0.1) is 0 Å². The number of aromatic hydroxyl groups is 2. The van der Waals surface area contributed by atoms with Crippen LogP contribution in [0, 0.1) is 13.8 Å². The van der Waals surface area contributed by atoms with Crippen molar-refractivity contribution in [3.63, 3.8) is 0 Å². The predicted molar refractivity (Wildman–Crippen MR) is 136 cm³/mol. The van der Waals surface area contributed by atoms with Gasteiger partial charge in [-0.1, -0.05) is 84.0 Å². The third kappa shape index (κ3) is 4.24. The Morgan fingerprint density at radius 2 is 1.03 bits per heavy atom. The van der Waals surface area contributed by atoms with Crippen molar-refractivity contribution in [3.8, 4) is 11.5 Å². The van der Waals surface area contributed by atoms with E-state index in [9.17, 15) is 10.2 Å². The molecule has 0 saturated carbocycles. The molecule has 0 aliphatic rings. The summed E-state index contributed by atoms with van der Waals surface area (Å²) in [5, 5.41) is 24.2. The molecule has 0 amide bonds. The normalized spacial score (nSPS) is 12.8. The van der Waals surface area contributed by atoms with Crippen LogP contribution in [0.15, 0.2) is 54.6 Å². The Morgan fingerprint density at radius 3 is 1.38 bits per heavy atom. The third-order valence-electron chi connectivity index (χ3n) is 5.88. The summed E-state index contributed by atoms with van der Waals surface area (Å²) in [4.78, 5) is 0. The van der Waals surface area contributed by atoms with Crippen molar-refractivity contribution in [2.75, 3.05) is 0 Å². The first-order chi connectivity index (χ1) is 14.7. The fourth-order valence-electron chi connectivity index (χ4n) is 4.19. The van der Waals surface area contributed by atoms with Gasteiger partial charge < -0.3 is 14.8 Å². The van der Waals surface area contributed by atoms with Crippen LogP contribution in [0.2, 0.25) is 0 Å². The Balaban J connectivity index is 2.52. The van der Waals surface area contributed by atoms with Gasteiger partial charge in [0.1, 0.15) is 11.5 Å². The van der Waals surface area contributed by atoms with E-state index in [2.05, 4.69) is 0 Å². The molecule has 0 heterocycles. The summed E-state index contributed by atoms with van der Waals surface area (Å²) in [6.07, 6.45) is 0. The maximum atomic E-state index is 15.2. The molecular weight excluding hydrogens is 415 g/mol. The molecule has 0 bridgehead atoms. The third-order valence-corrected chi connectivity index (χ3v) is 8.95. The molecule has 0 aliphatic heterocycles. The van der Waals surface area contributed by atoms with Gasteiger partial charge in [0.25, 0.3) is 0 Å². The minimum atomic E-state index is -3.60. The van der Waals surface area contributed by atoms with Crippen LogP contribution in [0.4, 0.5) is 0 Å². The van der Waals surface area contributed by atoms with Gasteiger partial charge in [-0.2, -0.15) is 0 Å². The molecule has 32 heavy (non-hydrogen) atoms. The lowest BCUT2D eigenvalue weighted by molar-refractivity contribution is 0.449. The Bertz CT molecular complexity index is 1120. The van der Waals surface area contributed by atoms with Gasteiger partial charge >= 0.3 is 0 Å². The maximum Gasteiger partial charge on any atom is 0.178 e. The molecule has 3 aromatic rings. The van der Waals surface area contributed by atoms with Crippen LogP contribution in [0.1, 0.15) is 63.8 Å². The van der Waals surface area contributed by atoms with Crippen molar-refractivity contribution in [2.24, 2.45) is 0 Å². The Morgan fingerprint density at radius 1 is 0.656 bits per heavy atom. The summed E-state index contributed by atoms with van der Waals surface area (Å²) in [6.45, 7) is 16.1. The molecule has 3 rings (SSSR count).